The van der Waals surface area contributed by atoms with Gasteiger partial charge in [0, 0.05) is 41.8 Å². The van der Waals surface area contributed by atoms with Gasteiger partial charge in [-0.25, -0.2) is 9.97 Å². The van der Waals surface area contributed by atoms with Crippen LogP contribution in [0, 0.1) is 0 Å². The van der Waals surface area contributed by atoms with Crippen molar-refractivity contribution >= 4 is 29.6 Å². The molecular formula is C5H6N2NaO. The molecule has 4 heteroatoms. The first-order valence-electron chi connectivity index (χ1n) is 2.23. The Morgan fingerprint density at radius 3 is 2.67 bits per heavy atom. The summed E-state index contributed by atoms with van der Waals surface area (Å²) < 4.78 is 4.76. The number of hydrogen-bond acceptors (Lipinski definition) is 3. The molecule has 0 aliphatic heterocycles. The maximum atomic E-state index is 4.76. The molecule has 3 nitrogen and oxygen atoms in total. The van der Waals surface area contributed by atoms with E-state index in [-0.39, 0.29) is 29.6 Å². The second-order valence-electron chi connectivity index (χ2n) is 1.25. The van der Waals surface area contributed by atoms with Gasteiger partial charge in [0.05, 0.1) is 7.11 Å². The normalized spacial score (nSPS) is 7.67. The average Bonchev–Trinajstić information content (AvgIpc) is 1.90. The average molecular weight is 133 g/mol. The van der Waals surface area contributed by atoms with Crippen molar-refractivity contribution in [1.82, 2.24) is 9.97 Å². The van der Waals surface area contributed by atoms with Crippen LogP contribution in [0.25, 0.3) is 0 Å². The van der Waals surface area contributed by atoms with Gasteiger partial charge in [-0.15, -0.1) is 0 Å². The van der Waals surface area contributed by atoms with Crippen LogP contribution in [0.3, 0.4) is 0 Å². The fourth-order valence-electron chi connectivity index (χ4n) is 0.399. The summed E-state index contributed by atoms with van der Waals surface area (Å²) in [6.07, 6.45) is 3.07. The van der Waals surface area contributed by atoms with Crippen molar-refractivity contribution in [3.05, 3.63) is 18.6 Å². The van der Waals surface area contributed by atoms with Crippen molar-refractivity contribution in [3.8, 4) is 5.88 Å². The predicted molar refractivity (Wildman–Crippen MR) is 34.3 cm³/mol. The molecule has 9 heavy (non-hydrogen) atoms. The zero-order chi connectivity index (χ0) is 5.82. The molecule has 0 aromatic carbocycles. The second-order valence-corrected chi connectivity index (χ2v) is 1.25. The SMILES string of the molecule is COc1ccncn1.[Na]. The van der Waals surface area contributed by atoms with E-state index in [1.165, 1.54) is 6.33 Å². The van der Waals surface area contributed by atoms with Crippen LogP contribution >= 0.6 is 0 Å². The van der Waals surface area contributed by atoms with Crippen LogP contribution in [0.4, 0.5) is 0 Å². The van der Waals surface area contributed by atoms with Gasteiger partial charge in [-0.3, -0.25) is 0 Å². The second kappa shape index (κ2) is 4.73. The van der Waals surface area contributed by atoms with E-state index < -0.39 is 0 Å². The molecule has 0 bridgehead atoms. The van der Waals surface area contributed by atoms with Crippen LogP contribution in [-0.4, -0.2) is 46.6 Å². The van der Waals surface area contributed by atoms with Crippen molar-refractivity contribution < 1.29 is 4.74 Å². The molecule has 43 valence electrons. The first-order chi connectivity index (χ1) is 3.93. The van der Waals surface area contributed by atoms with E-state index in [4.69, 9.17) is 4.74 Å². The first-order valence-corrected chi connectivity index (χ1v) is 2.23. The molecule has 0 spiro atoms. The van der Waals surface area contributed by atoms with Gasteiger partial charge in [0.25, 0.3) is 0 Å². The van der Waals surface area contributed by atoms with Crippen LogP contribution in [0.2, 0.25) is 0 Å². The number of rotatable bonds is 1. The van der Waals surface area contributed by atoms with Crippen LogP contribution in [0.15, 0.2) is 18.6 Å². The summed E-state index contributed by atoms with van der Waals surface area (Å²) in [5.74, 6) is 0.597. The van der Waals surface area contributed by atoms with Crippen LogP contribution in [0.1, 0.15) is 0 Å². The van der Waals surface area contributed by atoms with E-state index in [1.807, 2.05) is 0 Å². The molecule has 0 N–H and O–H groups in total. The third-order valence-corrected chi connectivity index (χ3v) is 0.764. The maximum Gasteiger partial charge on any atom is 0.215 e. The Balaban J connectivity index is 0.000000640. The van der Waals surface area contributed by atoms with E-state index in [0.717, 1.165) is 0 Å². The summed E-state index contributed by atoms with van der Waals surface area (Å²) in [6, 6.07) is 1.69. The van der Waals surface area contributed by atoms with Crippen molar-refractivity contribution in [2.24, 2.45) is 0 Å². The predicted octanol–water partition coefficient (Wildman–Crippen LogP) is 0.104. The van der Waals surface area contributed by atoms with Gasteiger partial charge in [-0.1, -0.05) is 0 Å². The van der Waals surface area contributed by atoms with E-state index in [1.54, 1.807) is 19.4 Å². The van der Waals surface area contributed by atoms with E-state index in [9.17, 15) is 0 Å². The molecule has 0 fully saturated rings. The molecule has 1 radical (unpaired) electrons. The van der Waals surface area contributed by atoms with Gasteiger partial charge in [0.2, 0.25) is 5.88 Å². The zero-order valence-electron chi connectivity index (χ0n) is 5.53. The largest absolute Gasteiger partial charge is 0.481 e. The summed E-state index contributed by atoms with van der Waals surface area (Å²) >= 11 is 0. The molecule has 1 aromatic rings. The first kappa shape index (κ1) is 8.88. The maximum absolute atomic E-state index is 4.76. The Kier molecular flexibility index (Phi) is 4.67. The smallest absolute Gasteiger partial charge is 0.215 e. The Morgan fingerprint density at radius 2 is 2.33 bits per heavy atom. The molecule has 1 aromatic heterocycles. The van der Waals surface area contributed by atoms with Crippen molar-refractivity contribution in [2.45, 2.75) is 0 Å². The Bertz CT molecular complexity index is 156. The molecule has 0 atom stereocenters. The minimum absolute atomic E-state index is 0. The van der Waals surface area contributed by atoms with E-state index in [2.05, 4.69) is 9.97 Å². The van der Waals surface area contributed by atoms with Gasteiger partial charge in [0.1, 0.15) is 6.33 Å². The van der Waals surface area contributed by atoms with Gasteiger partial charge in [-0.2, -0.15) is 0 Å². The van der Waals surface area contributed by atoms with E-state index >= 15 is 0 Å². The molecule has 0 saturated heterocycles. The Morgan fingerprint density at radius 1 is 1.56 bits per heavy atom. The summed E-state index contributed by atoms with van der Waals surface area (Å²) in [7, 11) is 1.57. The molecule has 1 rings (SSSR count). The van der Waals surface area contributed by atoms with Crippen LogP contribution < -0.4 is 4.74 Å². The molecular weight excluding hydrogens is 127 g/mol. The quantitative estimate of drug-likeness (QED) is 0.510. The van der Waals surface area contributed by atoms with Crippen LogP contribution in [-0.2, 0) is 0 Å². The summed E-state index contributed by atoms with van der Waals surface area (Å²) in [6.45, 7) is 0. The number of nitrogens with zero attached hydrogens (tertiary/aromatic N) is 2. The number of aromatic nitrogens is 2. The molecule has 0 aliphatic carbocycles. The van der Waals surface area contributed by atoms with Gasteiger partial charge in [0.15, 0.2) is 0 Å². The number of ether oxygens (including phenoxy) is 1. The van der Waals surface area contributed by atoms with Gasteiger partial charge >= 0.3 is 0 Å². The van der Waals surface area contributed by atoms with Crippen LogP contribution in [0.5, 0.6) is 5.88 Å². The molecule has 0 amide bonds. The molecule has 0 unspecified atom stereocenters. The topological polar surface area (TPSA) is 35.0 Å². The van der Waals surface area contributed by atoms with Crippen molar-refractivity contribution in [1.29, 1.82) is 0 Å². The Hall–Kier alpha value is -0.120. The zero-order valence-corrected chi connectivity index (χ0v) is 7.53. The number of hydrogen-bond donors (Lipinski definition) is 0. The number of methoxy groups -OCH3 is 1. The minimum atomic E-state index is 0. The summed E-state index contributed by atoms with van der Waals surface area (Å²) in [5.41, 5.74) is 0. The minimum Gasteiger partial charge on any atom is -0.481 e. The van der Waals surface area contributed by atoms with Gasteiger partial charge in [-0.05, 0) is 0 Å². The molecule has 0 saturated carbocycles. The third kappa shape index (κ3) is 2.79. The molecule has 1 heterocycles. The third-order valence-electron chi connectivity index (χ3n) is 0.764. The fraction of sp³-hybridized carbons (Fsp3) is 0.200. The fourth-order valence-corrected chi connectivity index (χ4v) is 0.399. The Labute approximate surface area is 75.8 Å². The summed E-state index contributed by atoms with van der Waals surface area (Å²) in [5, 5.41) is 0. The van der Waals surface area contributed by atoms with Crippen molar-refractivity contribution in [2.75, 3.05) is 7.11 Å². The molecule has 0 aliphatic rings. The monoisotopic (exact) mass is 133 g/mol. The standard InChI is InChI=1S/C5H6N2O.Na/c1-8-5-2-3-6-4-7-5;/h2-4H,1H3;. The van der Waals surface area contributed by atoms with Crippen molar-refractivity contribution in [3.63, 3.8) is 0 Å². The summed E-state index contributed by atoms with van der Waals surface area (Å²) in [4.78, 5) is 7.47. The van der Waals surface area contributed by atoms with Gasteiger partial charge < -0.3 is 4.74 Å². The van der Waals surface area contributed by atoms with E-state index in [0.29, 0.717) is 5.88 Å².